The molecule has 2 amide bonds. The van der Waals surface area contributed by atoms with Gasteiger partial charge >= 0.3 is 6.09 Å². The second-order valence-corrected chi connectivity index (χ2v) is 7.40. The molecule has 1 aliphatic heterocycles. The summed E-state index contributed by atoms with van der Waals surface area (Å²) in [5.41, 5.74) is 1.15. The number of methoxy groups -OCH3 is 1. The summed E-state index contributed by atoms with van der Waals surface area (Å²) in [7, 11) is 3.29. The topological polar surface area (TPSA) is 59.1 Å². The van der Waals surface area contributed by atoms with Crippen LogP contribution in [-0.2, 0) is 9.53 Å². The summed E-state index contributed by atoms with van der Waals surface area (Å²) in [6.07, 6.45) is 0.985. The molecule has 0 aromatic heterocycles. The lowest BCUT2D eigenvalue weighted by atomic mass is 10.1. The van der Waals surface area contributed by atoms with E-state index >= 15 is 0 Å². The predicted molar refractivity (Wildman–Crippen MR) is 97.1 cm³/mol. The minimum atomic E-state index is -0.584. The Labute approximate surface area is 149 Å². The maximum atomic E-state index is 13.0. The summed E-state index contributed by atoms with van der Waals surface area (Å²) in [6.45, 7) is 7.96. The van der Waals surface area contributed by atoms with Crippen LogP contribution in [0, 0.1) is 6.92 Å². The highest BCUT2D eigenvalue weighted by Gasteiger charge is 2.38. The highest BCUT2D eigenvalue weighted by Crippen LogP contribution is 2.31. The van der Waals surface area contributed by atoms with Gasteiger partial charge in [-0.05, 0) is 58.2 Å². The summed E-state index contributed by atoms with van der Waals surface area (Å²) >= 11 is 0. The van der Waals surface area contributed by atoms with Crippen molar-refractivity contribution in [3.05, 3.63) is 23.8 Å². The first-order chi connectivity index (χ1) is 11.6. The molecule has 0 aliphatic carbocycles. The van der Waals surface area contributed by atoms with Crippen LogP contribution in [-0.4, -0.2) is 49.2 Å². The van der Waals surface area contributed by atoms with Crippen molar-refractivity contribution in [1.82, 2.24) is 4.90 Å². The Bertz CT molecular complexity index is 651. The van der Waals surface area contributed by atoms with E-state index in [1.807, 2.05) is 45.9 Å². The number of hydrogen-bond acceptors (Lipinski definition) is 4. The van der Waals surface area contributed by atoms with Crippen molar-refractivity contribution >= 4 is 17.7 Å². The summed E-state index contributed by atoms with van der Waals surface area (Å²) in [6, 6.07) is 5.17. The zero-order valence-electron chi connectivity index (χ0n) is 16.0. The van der Waals surface area contributed by atoms with Crippen LogP contribution in [0.1, 0.15) is 39.2 Å². The minimum absolute atomic E-state index is 0.132. The molecule has 1 atom stereocenters. The standard InChI is InChI=1S/C19H28N2O4/c1-13-9-10-16(24-6)15(12-13)20(5)17(22)14-8-7-11-21(14)18(23)25-19(2,3)4/h9-10,12,14H,7-8,11H2,1-6H3/t14-/m0/s1. The number of carbonyl (C=O) groups excluding carboxylic acids is 2. The molecular weight excluding hydrogens is 320 g/mol. The van der Waals surface area contributed by atoms with Crippen molar-refractivity contribution in [2.24, 2.45) is 0 Å². The number of ether oxygens (including phenoxy) is 2. The smallest absolute Gasteiger partial charge is 0.410 e. The molecule has 0 N–H and O–H groups in total. The Morgan fingerprint density at radius 3 is 2.56 bits per heavy atom. The molecule has 0 bridgehead atoms. The highest BCUT2D eigenvalue weighted by molar-refractivity contribution is 5.99. The lowest BCUT2D eigenvalue weighted by Gasteiger charge is -2.30. The molecule has 2 rings (SSSR count). The van der Waals surface area contributed by atoms with Crippen LogP contribution in [0.15, 0.2) is 18.2 Å². The van der Waals surface area contributed by atoms with E-state index in [-0.39, 0.29) is 5.91 Å². The van der Waals surface area contributed by atoms with Crippen molar-refractivity contribution in [3.63, 3.8) is 0 Å². The second-order valence-electron chi connectivity index (χ2n) is 7.40. The van der Waals surface area contributed by atoms with Gasteiger partial charge in [0.05, 0.1) is 12.8 Å². The van der Waals surface area contributed by atoms with Gasteiger partial charge in [0.1, 0.15) is 17.4 Å². The summed E-state index contributed by atoms with van der Waals surface area (Å²) < 4.78 is 10.8. The number of rotatable bonds is 3. The van der Waals surface area contributed by atoms with Gasteiger partial charge in [-0.25, -0.2) is 4.79 Å². The number of likely N-dealkylation sites (tertiary alicyclic amines) is 1. The molecule has 6 heteroatoms. The van der Waals surface area contributed by atoms with E-state index in [4.69, 9.17) is 9.47 Å². The van der Waals surface area contributed by atoms with E-state index < -0.39 is 17.7 Å². The van der Waals surface area contributed by atoms with Crippen molar-refractivity contribution in [3.8, 4) is 5.75 Å². The largest absolute Gasteiger partial charge is 0.495 e. The molecule has 1 aromatic carbocycles. The first-order valence-electron chi connectivity index (χ1n) is 8.56. The highest BCUT2D eigenvalue weighted by atomic mass is 16.6. The molecule has 1 aromatic rings. The van der Waals surface area contributed by atoms with Crippen LogP contribution in [0.2, 0.25) is 0 Å². The Hall–Kier alpha value is -2.24. The van der Waals surface area contributed by atoms with Crippen molar-refractivity contribution in [2.75, 3.05) is 25.6 Å². The Morgan fingerprint density at radius 1 is 1.28 bits per heavy atom. The van der Waals surface area contributed by atoms with E-state index in [9.17, 15) is 9.59 Å². The molecule has 6 nitrogen and oxygen atoms in total. The minimum Gasteiger partial charge on any atom is -0.495 e. The first-order valence-corrected chi connectivity index (χ1v) is 8.56. The lowest BCUT2D eigenvalue weighted by molar-refractivity contribution is -0.122. The summed E-state index contributed by atoms with van der Waals surface area (Å²) in [5, 5.41) is 0. The quantitative estimate of drug-likeness (QED) is 0.840. The molecule has 0 unspecified atom stereocenters. The molecule has 1 aliphatic rings. The van der Waals surface area contributed by atoms with E-state index in [1.54, 1.807) is 19.1 Å². The van der Waals surface area contributed by atoms with Gasteiger partial charge < -0.3 is 14.4 Å². The fraction of sp³-hybridized carbons (Fsp3) is 0.579. The molecule has 1 saturated heterocycles. The molecule has 0 radical (unpaired) electrons. The number of amides is 2. The number of aryl methyl sites for hydroxylation is 1. The maximum Gasteiger partial charge on any atom is 0.410 e. The van der Waals surface area contributed by atoms with Gasteiger partial charge in [-0.15, -0.1) is 0 Å². The predicted octanol–water partition coefficient (Wildman–Crippen LogP) is 3.37. The van der Waals surface area contributed by atoms with Gasteiger partial charge in [-0.2, -0.15) is 0 Å². The fourth-order valence-electron chi connectivity index (χ4n) is 2.97. The Morgan fingerprint density at radius 2 is 1.96 bits per heavy atom. The summed E-state index contributed by atoms with van der Waals surface area (Å²) in [4.78, 5) is 28.5. The van der Waals surface area contributed by atoms with Gasteiger partial charge in [0, 0.05) is 13.6 Å². The van der Waals surface area contributed by atoms with Crippen LogP contribution < -0.4 is 9.64 Å². The third-order valence-electron chi connectivity index (χ3n) is 4.19. The second kappa shape index (κ2) is 7.33. The molecule has 25 heavy (non-hydrogen) atoms. The number of nitrogens with zero attached hydrogens (tertiary/aromatic N) is 2. The normalized spacial score (nSPS) is 17.4. The fourth-order valence-corrected chi connectivity index (χ4v) is 2.97. The zero-order valence-corrected chi connectivity index (χ0v) is 16.0. The SMILES string of the molecule is COc1ccc(C)cc1N(C)C(=O)[C@@H]1CCCN1C(=O)OC(C)(C)C. The van der Waals surface area contributed by atoms with Crippen LogP contribution in [0.5, 0.6) is 5.75 Å². The van der Waals surface area contributed by atoms with Gasteiger partial charge in [-0.1, -0.05) is 6.07 Å². The van der Waals surface area contributed by atoms with E-state index in [0.717, 1.165) is 12.0 Å². The molecule has 0 spiro atoms. The number of anilines is 1. The van der Waals surface area contributed by atoms with Gasteiger partial charge in [-0.3, -0.25) is 9.69 Å². The lowest BCUT2D eigenvalue weighted by Crippen LogP contribution is -2.48. The molecule has 0 saturated carbocycles. The van der Waals surface area contributed by atoms with Gasteiger partial charge in [0.15, 0.2) is 0 Å². The van der Waals surface area contributed by atoms with Crippen LogP contribution in [0.25, 0.3) is 0 Å². The Kier molecular flexibility index (Phi) is 5.60. The van der Waals surface area contributed by atoms with E-state index in [0.29, 0.717) is 24.4 Å². The molecule has 1 fully saturated rings. The number of hydrogen-bond donors (Lipinski definition) is 0. The summed E-state index contributed by atoms with van der Waals surface area (Å²) in [5.74, 6) is 0.496. The molecule has 138 valence electrons. The van der Waals surface area contributed by atoms with Gasteiger partial charge in [0.2, 0.25) is 5.91 Å². The monoisotopic (exact) mass is 348 g/mol. The third-order valence-corrected chi connectivity index (χ3v) is 4.19. The van der Waals surface area contributed by atoms with Crippen LogP contribution >= 0.6 is 0 Å². The Balaban J connectivity index is 2.21. The zero-order chi connectivity index (χ0) is 18.8. The van der Waals surface area contributed by atoms with Crippen LogP contribution in [0.4, 0.5) is 10.5 Å². The average molecular weight is 348 g/mol. The third kappa shape index (κ3) is 4.44. The van der Waals surface area contributed by atoms with Crippen molar-refractivity contribution < 1.29 is 19.1 Å². The first kappa shape index (κ1) is 19.1. The van der Waals surface area contributed by atoms with E-state index in [1.165, 1.54) is 4.90 Å². The van der Waals surface area contributed by atoms with Crippen molar-refractivity contribution in [1.29, 1.82) is 0 Å². The molecular formula is C19H28N2O4. The molecule has 1 heterocycles. The number of likely N-dealkylation sites (N-methyl/N-ethyl adjacent to an activating group) is 1. The van der Waals surface area contributed by atoms with Crippen LogP contribution in [0.3, 0.4) is 0 Å². The number of carbonyl (C=O) groups is 2. The van der Waals surface area contributed by atoms with Gasteiger partial charge in [0.25, 0.3) is 0 Å². The average Bonchev–Trinajstić information content (AvgIpc) is 3.01. The van der Waals surface area contributed by atoms with E-state index in [2.05, 4.69) is 0 Å². The maximum absolute atomic E-state index is 13.0. The van der Waals surface area contributed by atoms with Crippen molar-refractivity contribution in [2.45, 2.75) is 52.2 Å². The number of benzene rings is 1.